The number of hydrogen-bond acceptors (Lipinski definition) is 4. The van der Waals surface area contributed by atoms with Gasteiger partial charge in [0.2, 0.25) is 0 Å². The predicted molar refractivity (Wildman–Crippen MR) is 94.6 cm³/mol. The van der Waals surface area contributed by atoms with Gasteiger partial charge in [-0.1, -0.05) is 0 Å². The number of rotatable bonds is 8. The molecule has 0 spiro atoms. The van der Waals surface area contributed by atoms with E-state index in [9.17, 15) is 0 Å². The molecular weight excluding hydrogens is 366 g/mol. The van der Waals surface area contributed by atoms with Gasteiger partial charge in [0, 0.05) is 31.7 Å². The van der Waals surface area contributed by atoms with Crippen LogP contribution in [0.5, 0.6) is 0 Å². The summed E-state index contributed by atoms with van der Waals surface area (Å²) in [6.07, 6.45) is 3.57. The highest BCUT2D eigenvalue weighted by Crippen LogP contribution is 2.21. The number of guanidine groups is 1. The van der Waals surface area contributed by atoms with Crippen molar-refractivity contribution in [2.75, 3.05) is 33.4 Å². The Hall–Kier alpha value is -0.630. The Morgan fingerprint density at radius 1 is 1.50 bits per heavy atom. The highest BCUT2D eigenvalue weighted by atomic mass is 79.9. The van der Waals surface area contributed by atoms with E-state index in [0.29, 0.717) is 6.10 Å². The van der Waals surface area contributed by atoms with Crippen molar-refractivity contribution >= 4 is 33.2 Å². The molecule has 0 aliphatic carbocycles. The van der Waals surface area contributed by atoms with E-state index in [2.05, 4.69) is 43.7 Å². The molecule has 0 bridgehead atoms. The second-order valence-corrected chi connectivity index (χ2v) is 7.67. The summed E-state index contributed by atoms with van der Waals surface area (Å²) in [5.41, 5.74) is 0. The molecule has 124 valence electrons. The van der Waals surface area contributed by atoms with Gasteiger partial charge in [0.05, 0.1) is 23.0 Å². The van der Waals surface area contributed by atoms with Crippen molar-refractivity contribution in [1.82, 2.24) is 10.6 Å². The maximum absolute atomic E-state index is 5.64. The fourth-order valence-corrected chi connectivity index (χ4v) is 3.63. The van der Waals surface area contributed by atoms with Crippen LogP contribution in [0.4, 0.5) is 0 Å². The third kappa shape index (κ3) is 6.64. The summed E-state index contributed by atoms with van der Waals surface area (Å²) in [5, 5.41) is 6.60. The Morgan fingerprint density at radius 2 is 2.41 bits per heavy atom. The van der Waals surface area contributed by atoms with Crippen LogP contribution in [0.1, 0.15) is 24.1 Å². The molecule has 1 atom stereocenters. The predicted octanol–water partition coefficient (Wildman–Crippen LogP) is 2.76. The summed E-state index contributed by atoms with van der Waals surface area (Å²) in [6.45, 7) is 3.99. The molecule has 1 aliphatic rings. The molecule has 2 rings (SSSR count). The van der Waals surface area contributed by atoms with E-state index in [1.165, 1.54) is 11.3 Å². The van der Waals surface area contributed by atoms with Gasteiger partial charge in [-0.05, 0) is 47.3 Å². The van der Waals surface area contributed by atoms with E-state index in [1.807, 2.05) is 0 Å². The van der Waals surface area contributed by atoms with Gasteiger partial charge < -0.3 is 20.1 Å². The van der Waals surface area contributed by atoms with Gasteiger partial charge in [-0.15, -0.1) is 11.3 Å². The molecule has 1 unspecified atom stereocenters. The van der Waals surface area contributed by atoms with Crippen LogP contribution in [-0.2, 0) is 16.0 Å². The Morgan fingerprint density at radius 3 is 3.09 bits per heavy atom. The summed E-state index contributed by atoms with van der Waals surface area (Å²) in [6, 6.07) is 4.16. The largest absolute Gasteiger partial charge is 0.379 e. The van der Waals surface area contributed by atoms with Crippen LogP contribution in [-0.4, -0.2) is 45.5 Å². The molecule has 0 saturated carbocycles. The van der Waals surface area contributed by atoms with E-state index in [4.69, 9.17) is 9.47 Å². The van der Waals surface area contributed by atoms with Crippen molar-refractivity contribution in [3.63, 3.8) is 0 Å². The van der Waals surface area contributed by atoms with Gasteiger partial charge in [-0.2, -0.15) is 0 Å². The number of ether oxygens (including phenoxy) is 2. The summed E-state index contributed by atoms with van der Waals surface area (Å²) in [5.74, 6) is 0.823. The van der Waals surface area contributed by atoms with Gasteiger partial charge in [0.15, 0.2) is 5.96 Å². The highest BCUT2D eigenvalue weighted by molar-refractivity contribution is 9.11. The Bertz CT molecular complexity index is 461. The lowest BCUT2D eigenvalue weighted by atomic mass is 10.2. The van der Waals surface area contributed by atoms with Crippen molar-refractivity contribution in [3.8, 4) is 0 Å². The maximum atomic E-state index is 5.64. The van der Waals surface area contributed by atoms with Crippen LogP contribution in [0.15, 0.2) is 20.9 Å². The lowest BCUT2D eigenvalue weighted by Crippen LogP contribution is -2.37. The Kier molecular flexibility index (Phi) is 8.22. The first-order chi connectivity index (χ1) is 10.8. The first-order valence-electron chi connectivity index (χ1n) is 7.66. The molecule has 1 fully saturated rings. The average Bonchev–Trinajstić information content (AvgIpc) is 3.17. The second kappa shape index (κ2) is 10.2. The van der Waals surface area contributed by atoms with Gasteiger partial charge in [-0.25, -0.2) is 0 Å². The highest BCUT2D eigenvalue weighted by Gasteiger charge is 2.14. The number of thiophene rings is 1. The Labute approximate surface area is 144 Å². The number of halogens is 1. The van der Waals surface area contributed by atoms with Crippen molar-refractivity contribution in [2.45, 2.75) is 31.9 Å². The standard InChI is InChI=1S/C15H24BrN3O2S/c1-17-15(19-10-13-5-6-14(16)22-13)18-7-3-8-20-11-12-4-2-9-21-12/h5-6,12H,2-4,7-11H2,1H3,(H2,17,18,19). The number of aliphatic imine (C=N–C) groups is 1. The zero-order valence-electron chi connectivity index (χ0n) is 12.9. The lowest BCUT2D eigenvalue weighted by molar-refractivity contribution is 0.0168. The van der Waals surface area contributed by atoms with Crippen LogP contribution in [0.25, 0.3) is 0 Å². The molecule has 1 aliphatic heterocycles. The minimum atomic E-state index is 0.313. The SMILES string of the molecule is CN=C(NCCCOCC1CCCO1)NCc1ccc(Br)s1. The van der Waals surface area contributed by atoms with Crippen LogP contribution >= 0.6 is 27.3 Å². The van der Waals surface area contributed by atoms with Crippen molar-refractivity contribution in [3.05, 3.63) is 20.8 Å². The second-order valence-electron chi connectivity index (χ2n) is 5.12. The first-order valence-corrected chi connectivity index (χ1v) is 9.27. The summed E-state index contributed by atoms with van der Waals surface area (Å²) < 4.78 is 12.3. The number of nitrogens with zero attached hydrogens (tertiary/aromatic N) is 1. The summed E-state index contributed by atoms with van der Waals surface area (Å²) in [7, 11) is 1.79. The molecule has 1 aromatic rings. The minimum Gasteiger partial charge on any atom is -0.379 e. The third-order valence-electron chi connectivity index (χ3n) is 3.37. The number of nitrogens with one attached hydrogen (secondary N) is 2. The zero-order chi connectivity index (χ0) is 15.6. The van der Waals surface area contributed by atoms with Gasteiger partial charge in [-0.3, -0.25) is 4.99 Å². The van der Waals surface area contributed by atoms with Gasteiger partial charge >= 0.3 is 0 Å². The van der Waals surface area contributed by atoms with Crippen LogP contribution in [0.2, 0.25) is 0 Å². The van der Waals surface area contributed by atoms with Crippen molar-refractivity contribution in [1.29, 1.82) is 0 Å². The molecule has 2 N–H and O–H groups in total. The van der Waals surface area contributed by atoms with E-state index >= 15 is 0 Å². The first kappa shape index (κ1) is 17.7. The smallest absolute Gasteiger partial charge is 0.191 e. The fraction of sp³-hybridized carbons (Fsp3) is 0.667. The third-order valence-corrected chi connectivity index (χ3v) is 4.99. The van der Waals surface area contributed by atoms with E-state index in [-0.39, 0.29) is 0 Å². The number of hydrogen-bond donors (Lipinski definition) is 2. The molecule has 7 heteroatoms. The molecule has 0 aromatic carbocycles. The fourth-order valence-electron chi connectivity index (χ4n) is 2.21. The molecule has 2 heterocycles. The lowest BCUT2D eigenvalue weighted by Gasteiger charge is -2.12. The summed E-state index contributed by atoms with van der Waals surface area (Å²) in [4.78, 5) is 5.49. The molecule has 1 aromatic heterocycles. The van der Waals surface area contributed by atoms with E-state index < -0.39 is 0 Å². The topological polar surface area (TPSA) is 54.9 Å². The minimum absolute atomic E-state index is 0.313. The molecule has 0 radical (unpaired) electrons. The van der Waals surface area contributed by atoms with Crippen molar-refractivity contribution in [2.24, 2.45) is 4.99 Å². The normalized spacial score (nSPS) is 18.6. The monoisotopic (exact) mass is 389 g/mol. The van der Waals surface area contributed by atoms with Crippen molar-refractivity contribution < 1.29 is 9.47 Å². The molecule has 5 nitrogen and oxygen atoms in total. The van der Waals surface area contributed by atoms with Crippen LogP contribution in [0.3, 0.4) is 0 Å². The molecule has 1 saturated heterocycles. The quantitative estimate of drug-likeness (QED) is 0.407. The maximum Gasteiger partial charge on any atom is 0.191 e. The van der Waals surface area contributed by atoms with E-state index in [1.54, 1.807) is 18.4 Å². The van der Waals surface area contributed by atoms with E-state index in [0.717, 1.165) is 55.5 Å². The van der Waals surface area contributed by atoms with Gasteiger partial charge in [0.1, 0.15) is 0 Å². The van der Waals surface area contributed by atoms with Crippen LogP contribution < -0.4 is 10.6 Å². The average molecular weight is 390 g/mol. The van der Waals surface area contributed by atoms with Gasteiger partial charge in [0.25, 0.3) is 0 Å². The van der Waals surface area contributed by atoms with Crippen LogP contribution in [0, 0.1) is 0 Å². The summed E-state index contributed by atoms with van der Waals surface area (Å²) >= 11 is 5.20. The molecule has 22 heavy (non-hydrogen) atoms. The Balaban J connectivity index is 1.50. The molecule has 0 amide bonds. The molecular formula is C15H24BrN3O2S. The zero-order valence-corrected chi connectivity index (χ0v) is 15.3.